The lowest BCUT2D eigenvalue weighted by atomic mass is 10.1. The van der Waals surface area contributed by atoms with Crippen molar-refractivity contribution in [1.29, 1.82) is 0 Å². The molecule has 0 aliphatic rings. The molecular formula is C13H18BrNO2S. The first-order valence-electron chi connectivity index (χ1n) is 5.91. The van der Waals surface area contributed by atoms with Crippen molar-refractivity contribution in [2.75, 3.05) is 23.9 Å². The highest BCUT2D eigenvalue weighted by Crippen LogP contribution is 2.21. The molecule has 0 spiro atoms. The molecule has 0 bridgehead atoms. The third-order valence-electron chi connectivity index (χ3n) is 2.55. The van der Waals surface area contributed by atoms with Gasteiger partial charge in [0.25, 0.3) is 0 Å². The van der Waals surface area contributed by atoms with Gasteiger partial charge in [-0.1, -0.05) is 22.4 Å². The summed E-state index contributed by atoms with van der Waals surface area (Å²) in [5.74, 6) is 0.291. The molecule has 1 aromatic carbocycles. The Labute approximate surface area is 120 Å². The summed E-state index contributed by atoms with van der Waals surface area (Å²) in [5.41, 5.74) is 1.00. The van der Waals surface area contributed by atoms with E-state index in [0.29, 0.717) is 11.3 Å². The molecule has 100 valence electrons. The second-order valence-corrected chi connectivity index (χ2v) is 5.88. The van der Waals surface area contributed by atoms with Gasteiger partial charge in [-0.15, -0.1) is 0 Å². The van der Waals surface area contributed by atoms with Crippen LogP contribution in [0.3, 0.4) is 0 Å². The topological polar surface area (TPSA) is 49.3 Å². The molecule has 0 atom stereocenters. The molecule has 0 fully saturated rings. The number of carboxylic acids is 1. The highest BCUT2D eigenvalue weighted by molar-refractivity contribution is 9.10. The fraction of sp³-hybridized carbons (Fsp3) is 0.462. The number of nitrogens with one attached hydrogen (secondary N) is 1. The maximum atomic E-state index is 11.1. The standard InChI is InChI=1S/C13H18BrNO2S/c1-18-8-4-2-3-7-15-12-6-5-10(14)9-11(12)13(16)17/h5-6,9,15H,2-4,7-8H2,1H3,(H,16,17). The first-order chi connectivity index (χ1) is 8.65. The number of unbranched alkanes of at least 4 members (excludes halogenated alkanes) is 2. The molecule has 0 amide bonds. The van der Waals surface area contributed by atoms with Crippen LogP contribution in [0.15, 0.2) is 22.7 Å². The average Bonchev–Trinajstić information content (AvgIpc) is 2.35. The van der Waals surface area contributed by atoms with Crippen molar-refractivity contribution in [2.45, 2.75) is 19.3 Å². The highest BCUT2D eigenvalue weighted by atomic mass is 79.9. The normalized spacial score (nSPS) is 10.3. The van der Waals surface area contributed by atoms with Crippen molar-refractivity contribution in [3.63, 3.8) is 0 Å². The summed E-state index contributed by atoms with van der Waals surface area (Å²) in [6.07, 6.45) is 5.57. The quantitative estimate of drug-likeness (QED) is 0.704. The van der Waals surface area contributed by atoms with Gasteiger partial charge in [0.2, 0.25) is 0 Å². The third-order valence-corrected chi connectivity index (χ3v) is 3.74. The molecule has 18 heavy (non-hydrogen) atoms. The van der Waals surface area contributed by atoms with Crippen molar-refractivity contribution >= 4 is 39.3 Å². The van der Waals surface area contributed by atoms with Crippen LogP contribution in [0.25, 0.3) is 0 Å². The third kappa shape index (κ3) is 5.31. The average molecular weight is 332 g/mol. The van der Waals surface area contributed by atoms with Crippen molar-refractivity contribution in [1.82, 2.24) is 0 Å². The van der Waals surface area contributed by atoms with Crippen molar-refractivity contribution in [3.8, 4) is 0 Å². The fourth-order valence-electron chi connectivity index (χ4n) is 1.62. The molecular weight excluding hydrogens is 314 g/mol. The number of anilines is 1. The second-order valence-electron chi connectivity index (χ2n) is 3.98. The first-order valence-corrected chi connectivity index (χ1v) is 8.09. The summed E-state index contributed by atoms with van der Waals surface area (Å²) in [4.78, 5) is 11.1. The van der Waals surface area contributed by atoms with Crippen molar-refractivity contribution in [3.05, 3.63) is 28.2 Å². The molecule has 0 unspecified atom stereocenters. The zero-order chi connectivity index (χ0) is 13.4. The predicted molar refractivity (Wildman–Crippen MR) is 81.8 cm³/mol. The molecule has 1 aromatic rings. The van der Waals surface area contributed by atoms with Gasteiger partial charge in [0.1, 0.15) is 0 Å². The largest absolute Gasteiger partial charge is 0.478 e. The molecule has 2 N–H and O–H groups in total. The van der Waals surface area contributed by atoms with Gasteiger partial charge in [0, 0.05) is 16.7 Å². The molecule has 0 saturated heterocycles. The SMILES string of the molecule is CSCCCCCNc1ccc(Br)cc1C(=O)O. The van der Waals surface area contributed by atoms with E-state index in [0.717, 1.165) is 17.4 Å². The minimum atomic E-state index is -0.902. The molecule has 0 aliphatic carbocycles. The molecule has 3 nitrogen and oxygen atoms in total. The summed E-state index contributed by atoms with van der Waals surface area (Å²) in [5, 5.41) is 12.3. The summed E-state index contributed by atoms with van der Waals surface area (Å²) in [7, 11) is 0. The van der Waals surface area contributed by atoms with Crippen LogP contribution in [-0.4, -0.2) is 29.6 Å². The van der Waals surface area contributed by atoms with Crippen LogP contribution < -0.4 is 5.32 Å². The van der Waals surface area contributed by atoms with Crippen LogP contribution in [-0.2, 0) is 0 Å². The van der Waals surface area contributed by atoms with Gasteiger partial charge in [-0.3, -0.25) is 0 Å². The van der Waals surface area contributed by atoms with E-state index in [1.807, 2.05) is 17.8 Å². The number of rotatable bonds is 8. The van der Waals surface area contributed by atoms with Crippen LogP contribution in [0.5, 0.6) is 0 Å². The number of benzene rings is 1. The summed E-state index contributed by atoms with van der Waals surface area (Å²) < 4.78 is 0.783. The Kier molecular flexibility index (Phi) is 7.20. The lowest BCUT2D eigenvalue weighted by Gasteiger charge is -2.09. The van der Waals surface area contributed by atoms with E-state index in [-0.39, 0.29) is 0 Å². The van der Waals surface area contributed by atoms with E-state index in [1.165, 1.54) is 18.6 Å². The Bertz CT molecular complexity index is 399. The maximum Gasteiger partial charge on any atom is 0.337 e. The second kappa shape index (κ2) is 8.43. The van der Waals surface area contributed by atoms with Crippen LogP contribution in [0, 0.1) is 0 Å². The van der Waals surface area contributed by atoms with E-state index in [1.54, 1.807) is 12.1 Å². The Morgan fingerprint density at radius 2 is 2.17 bits per heavy atom. The van der Waals surface area contributed by atoms with Gasteiger partial charge in [-0.2, -0.15) is 11.8 Å². The fourth-order valence-corrected chi connectivity index (χ4v) is 2.47. The van der Waals surface area contributed by atoms with E-state index >= 15 is 0 Å². The van der Waals surface area contributed by atoms with Gasteiger partial charge in [0.05, 0.1) is 5.56 Å². The summed E-state index contributed by atoms with van der Waals surface area (Å²) in [6, 6.07) is 5.27. The molecule has 0 radical (unpaired) electrons. The number of halogens is 1. The van der Waals surface area contributed by atoms with E-state index < -0.39 is 5.97 Å². The zero-order valence-electron chi connectivity index (χ0n) is 10.4. The van der Waals surface area contributed by atoms with Crippen molar-refractivity contribution in [2.24, 2.45) is 0 Å². The van der Waals surface area contributed by atoms with Gasteiger partial charge in [-0.25, -0.2) is 4.79 Å². The molecule has 1 rings (SSSR count). The number of carboxylic acid groups (broad SMARTS) is 1. The number of carbonyl (C=O) groups is 1. The Morgan fingerprint density at radius 1 is 1.39 bits per heavy atom. The maximum absolute atomic E-state index is 11.1. The monoisotopic (exact) mass is 331 g/mol. The van der Waals surface area contributed by atoms with Crippen LogP contribution in [0.1, 0.15) is 29.6 Å². The van der Waals surface area contributed by atoms with Crippen molar-refractivity contribution < 1.29 is 9.90 Å². The Hall–Kier alpha value is -0.680. The number of hydrogen-bond donors (Lipinski definition) is 2. The summed E-state index contributed by atoms with van der Waals surface area (Å²) in [6.45, 7) is 0.816. The van der Waals surface area contributed by atoms with Gasteiger partial charge in [0.15, 0.2) is 0 Å². The van der Waals surface area contributed by atoms with E-state index in [2.05, 4.69) is 27.5 Å². The number of thioether (sulfide) groups is 1. The molecule has 0 saturated carbocycles. The van der Waals surface area contributed by atoms with Gasteiger partial charge in [-0.05, 0) is 43.0 Å². The Morgan fingerprint density at radius 3 is 2.83 bits per heavy atom. The molecule has 0 heterocycles. The van der Waals surface area contributed by atoms with Crippen LogP contribution >= 0.6 is 27.7 Å². The minimum Gasteiger partial charge on any atom is -0.478 e. The summed E-state index contributed by atoms with van der Waals surface area (Å²) >= 11 is 5.14. The highest BCUT2D eigenvalue weighted by Gasteiger charge is 2.09. The number of aromatic carboxylic acids is 1. The molecule has 5 heteroatoms. The smallest absolute Gasteiger partial charge is 0.337 e. The molecule has 0 aliphatic heterocycles. The lowest BCUT2D eigenvalue weighted by molar-refractivity contribution is 0.0698. The molecule has 0 aromatic heterocycles. The van der Waals surface area contributed by atoms with Gasteiger partial charge < -0.3 is 10.4 Å². The lowest BCUT2D eigenvalue weighted by Crippen LogP contribution is -2.07. The van der Waals surface area contributed by atoms with E-state index in [4.69, 9.17) is 5.11 Å². The Balaban J connectivity index is 2.44. The first kappa shape index (κ1) is 15.4. The van der Waals surface area contributed by atoms with Crippen LogP contribution in [0.4, 0.5) is 5.69 Å². The van der Waals surface area contributed by atoms with E-state index in [9.17, 15) is 4.79 Å². The number of hydrogen-bond acceptors (Lipinski definition) is 3. The minimum absolute atomic E-state index is 0.313. The van der Waals surface area contributed by atoms with Crippen LogP contribution in [0.2, 0.25) is 0 Å². The zero-order valence-corrected chi connectivity index (χ0v) is 12.8. The predicted octanol–water partition coefficient (Wildman–Crippen LogP) is 4.09. The van der Waals surface area contributed by atoms with Gasteiger partial charge >= 0.3 is 5.97 Å².